The van der Waals surface area contributed by atoms with E-state index in [9.17, 15) is 40.9 Å². The molecule has 2 rings (SSSR count). The van der Waals surface area contributed by atoms with Crippen LogP contribution in [-0.4, -0.2) is 113 Å². The summed E-state index contributed by atoms with van der Waals surface area (Å²) < 4.78 is 17.4. The Kier molecular flexibility index (Phi) is 7.84. The van der Waals surface area contributed by atoms with Gasteiger partial charge in [-0.25, -0.2) is 0 Å². The average Bonchev–Trinajstić information content (AvgIpc) is 3.03. The minimum absolute atomic E-state index is 0.0692. The van der Waals surface area contributed by atoms with Gasteiger partial charge in [-0.1, -0.05) is 27.7 Å². The molecule has 0 saturated carbocycles. The van der Waals surface area contributed by atoms with Crippen LogP contribution in [-0.2, 0) is 14.2 Å². The molecule has 8 N–H and O–H groups in total. The molecule has 11 nitrogen and oxygen atoms in total. The van der Waals surface area contributed by atoms with E-state index in [2.05, 4.69) is 0 Å². The summed E-state index contributed by atoms with van der Waals surface area (Å²) in [5.74, 6) is -4.50. The van der Waals surface area contributed by atoms with Crippen molar-refractivity contribution in [2.75, 3.05) is 19.8 Å². The van der Waals surface area contributed by atoms with Crippen LogP contribution in [0.25, 0.3) is 0 Å². The van der Waals surface area contributed by atoms with Gasteiger partial charge in [0.1, 0.15) is 47.8 Å². The van der Waals surface area contributed by atoms with E-state index in [1.807, 2.05) is 0 Å². The number of aliphatic hydroxyl groups is 8. The van der Waals surface area contributed by atoms with E-state index in [1.165, 1.54) is 6.92 Å². The number of hydrogen-bond acceptors (Lipinski definition) is 11. The van der Waals surface area contributed by atoms with Gasteiger partial charge in [0, 0.05) is 6.42 Å². The van der Waals surface area contributed by atoms with Crippen molar-refractivity contribution in [3.05, 3.63) is 0 Å². The lowest BCUT2D eigenvalue weighted by atomic mass is 9.59. The third-order valence-electron chi connectivity index (χ3n) is 7.33. The third kappa shape index (κ3) is 3.38. The van der Waals surface area contributed by atoms with E-state index in [4.69, 9.17) is 14.2 Å². The Morgan fingerprint density at radius 2 is 1.35 bits per heavy atom. The number of aliphatic hydroxyl groups excluding tert-OH is 5. The van der Waals surface area contributed by atoms with Gasteiger partial charge in [0.25, 0.3) is 0 Å². The molecular weight excluding hydrogens is 416 g/mol. The predicted octanol–water partition coefficient (Wildman–Crippen LogP) is -2.27. The van der Waals surface area contributed by atoms with E-state index in [0.717, 1.165) is 0 Å². The largest absolute Gasteiger partial charge is 0.394 e. The van der Waals surface area contributed by atoms with Gasteiger partial charge in [-0.15, -0.1) is 0 Å². The molecule has 0 aromatic rings. The van der Waals surface area contributed by atoms with Gasteiger partial charge in [-0.05, 0) is 19.3 Å². The average molecular weight is 455 g/mol. The maximum absolute atomic E-state index is 11.9. The Hall–Kier alpha value is -0.440. The van der Waals surface area contributed by atoms with Gasteiger partial charge in [-0.2, -0.15) is 0 Å². The molecule has 0 amide bonds. The molecule has 2 aliphatic heterocycles. The topological polar surface area (TPSA) is 190 Å². The molecule has 2 heterocycles. The van der Waals surface area contributed by atoms with Crippen LogP contribution in [0.3, 0.4) is 0 Å². The monoisotopic (exact) mass is 454 g/mol. The molecule has 2 aliphatic rings. The van der Waals surface area contributed by atoms with Crippen LogP contribution >= 0.6 is 0 Å². The van der Waals surface area contributed by atoms with Crippen LogP contribution in [0.1, 0.15) is 53.4 Å². The molecule has 0 aliphatic carbocycles. The number of rotatable bonds is 9. The van der Waals surface area contributed by atoms with Crippen molar-refractivity contribution in [3.8, 4) is 0 Å². The summed E-state index contributed by atoms with van der Waals surface area (Å²) in [4.78, 5) is 0. The standard InChI is InChI=1S/C20H38O11/c1-5-16(26)13(10-22)30-20(8-4,19(28,7-3)18(16,27)6-2)31-17(11-23)15(25)14(24)12(9-21)29-17/h12-15,21-28H,5-11H2,1-4H3/t12-,13-,14-,15+,16-,17?,18+,19-,20+/m1/s1. The highest BCUT2D eigenvalue weighted by Gasteiger charge is 2.77. The van der Waals surface area contributed by atoms with Crippen molar-refractivity contribution >= 4 is 0 Å². The second kappa shape index (κ2) is 9.07. The van der Waals surface area contributed by atoms with Crippen LogP contribution in [0.4, 0.5) is 0 Å². The summed E-state index contributed by atoms with van der Waals surface area (Å²) in [6.45, 7) is 3.81. The van der Waals surface area contributed by atoms with Crippen LogP contribution in [0.2, 0.25) is 0 Å². The van der Waals surface area contributed by atoms with Crippen LogP contribution < -0.4 is 0 Å². The second-order valence-electron chi connectivity index (χ2n) is 8.45. The first-order valence-electron chi connectivity index (χ1n) is 10.8. The molecule has 0 spiro atoms. The fourth-order valence-electron chi connectivity index (χ4n) is 5.32. The highest BCUT2D eigenvalue weighted by molar-refractivity contribution is 5.22. The van der Waals surface area contributed by atoms with Gasteiger partial charge >= 0.3 is 0 Å². The molecule has 1 unspecified atom stereocenters. The van der Waals surface area contributed by atoms with E-state index in [-0.39, 0.29) is 25.7 Å². The van der Waals surface area contributed by atoms with Crippen molar-refractivity contribution in [1.29, 1.82) is 0 Å². The fraction of sp³-hybridized carbons (Fsp3) is 1.00. The van der Waals surface area contributed by atoms with Gasteiger partial charge < -0.3 is 55.1 Å². The van der Waals surface area contributed by atoms with E-state index in [0.29, 0.717) is 0 Å². The molecule has 9 atom stereocenters. The fourth-order valence-corrected chi connectivity index (χ4v) is 5.32. The molecule has 0 aromatic heterocycles. The maximum atomic E-state index is 11.9. The van der Waals surface area contributed by atoms with Crippen molar-refractivity contribution in [2.24, 2.45) is 0 Å². The molecule has 2 fully saturated rings. The van der Waals surface area contributed by atoms with E-state index >= 15 is 0 Å². The second-order valence-corrected chi connectivity index (χ2v) is 8.45. The summed E-state index contributed by atoms with van der Waals surface area (Å²) in [7, 11) is 0. The van der Waals surface area contributed by atoms with Crippen LogP contribution in [0.5, 0.6) is 0 Å². The smallest absolute Gasteiger partial charge is 0.224 e. The van der Waals surface area contributed by atoms with Crippen molar-refractivity contribution in [1.82, 2.24) is 0 Å². The lowest BCUT2D eigenvalue weighted by molar-refractivity contribution is -0.489. The maximum Gasteiger partial charge on any atom is 0.224 e. The molecule has 31 heavy (non-hydrogen) atoms. The lowest BCUT2D eigenvalue weighted by Crippen LogP contribution is -2.85. The summed E-state index contributed by atoms with van der Waals surface area (Å²) in [5.41, 5.74) is -6.59. The van der Waals surface area contributed by atoms with Gasteiger partial charge in [0.05, 0.1) is 13.2 Å². The first-order chi connectivity index (χ1) is 14.4. The Morgan fingerprint density at radius 1 is 0.774 bits per heavy atom. The Bertz CT molecular complexity index is 622. The summed E-state index contributed by atoms with van der Waals surface area (Å²) in [6, 6.07) is 0. The van der Waals surface area contributed by atoms with Crippen molar-refractivity contribution in [3.63, 3.8) is 0 Å². The highest BCUT2D eigenvalue weighted by atomic mass is 16.8. The lowest BCUT2D eigenvalue weighted by Gasteiger charge is -2.65. The normalized spacial score (nSPS) is 50.7. The molecule has 2 saturated heterocycles. The van der Waals surface area contributed by atoms with E-state index < -0.39 is 72.6 Å². The minimum Gasteiger partial charge on any atom is -0.394 e. The zero-order chi connectivity index (χ0) is 23.9. The highest BCUT2D eigenvalue weighted by Crippen LogP contribution is 2.57. The van der Waals surface area contributed by atoms with Crippen LogP contribution in [0, 0.1) is 0 Å². The summed E-state index contributed by atoms with van der Waals surface area (Å²) >= 11 is 0. The SMILES string of the molecule is CC[C@@]1(OC2(CO)O[C@H](CO)[C@@H](O)[C@@H]2O)O[C@H](CO)[C@](O)(CC)[C@@](O)(CC)[C@]1(O)CC. The molecule has 0 radical (unpaired) electrons. The van der Waals surface area contributed by atoms with Crippen molar-refractivity contribution < 1.29 is 55.1 Å². The molecule has 11 heteroatoms. The zero-order valence-electron chi connectivity index (χ0n) is 18.6. The Labute approximate surface area is 181 Å². The first kappa shape index (κ1) is 26.8. The van der Waals surface area contributed by atoms with E-state index in [1.54, 1.807) is 20.8 Å². The van der Waals surface area contributed by atoms with Gasteiger partial charge in [0.2, 0.25) is 11.6 Å². The van der Waals surface area contributed by atoms with Gasteiger partial charge in [-0.3, -0.25) is 0 Å². The third-order valence-corrected chi connectivity index (χ3v) is 7.33. The van der Waals surface area contributed by atoms with Crippen molar-refractivity contribution in [2.45, 2.75) is 106 Å². The summed E-state index contributed by atoms with van der Waals surface area (Å²) in [5, 5.41) is 85.2. The molecule has 184 valence electrons. The molecule has 0 aromatic carbocycles. The number of hydrogen-bond donors (Lipinski definition) is 8. The zero-order valence-corrected chi connectivity index (χ0v) is 18.6. The Balaban J connectivity index is 2.69. The minimum atomic E-state index is -2.32. The summed E-state index contributed by atoms with van der Waals surface area (Å²) in [6.07, 6.45) is -6.71. The number of ether oxygens (including phenoxy) is 3. The van der Waals surface area contributed by atoms with Gasteiger partial charge in [0.15, 0.2) is 0 Å². The quantitative estimate of drug-likeness (QED) is 0.187. The molecule has 0 bridgehead atoms. The first-order valence-corrected chi connectivity index (χ1v) is 10.8. The Morgan fingerprint density at radius 3 is 1.71 bits per heavy atom. The van der Waals surface area contributed by atoms with Crippen LogP contribution in [0.15, 0.2) is 0 Å². The molecular formula is C20H38O11. The predicted molar refractivity (Wildman–Crippen MR) is 106 cm³/mol.